The van der Waals surface area contributed by atoms with Gasteiger partial charge in [-0.25, -0.2) is 9.13 Å². The van der Waals surface area contributed by atoms with Gasteiger partial charge in [0, 0.05) is 25.7 Å². The minimum Gasteiger partial charge on any atom is -0.462 e. The van der Waals surface area contributed by atoms with E-state index in [1.807, 2.05) is 0 Å². The Bertz CT molecular complexity index is 2070. The highest BCUT2D eigenvalue weighted by Gasteiger charge is 2.31. The number of aliphatic hydroxyl groups is 1. The molecule has 0 aromatic rings. The lowest BCUT2D eigenvalue weighted by Crippen LogP contribution is -2.30. The smallest absolute Gasteiger partial charge is 0.462 e. The number of phosphoric acid groups is 2. The zero-order valence-corrected chi connectivity index (χ0v) is 73.5. The Morgan fingerprint density at radius 2 is 0.440 bits per heavy atom. The van der Waals surface area contributed by atoms with Crippen LogP contribution in [0.5, 0.6) is 0 Å². The summed E-state index contributed by atoms with van der Waals surface area (Å²) in [5, 5.41) is 10.7. The van der Waals surface area contributed by atoms with Crippen LogP contribution in [0.1, 0.15) is 490 Å². The highest BCUT2D eigenvalue weighted by molar-refractivity contribution is 7.47. The highest BCUT2D eigenvalue weighted by atomic mass is 31.2. The second-order valence-electron chi connectivity index (χ2n) is 32.6. The molecule has 0 aromatic heterocycles. The second-order valence-corrected chi connectivity index (χ2v) is 35.5. The Labute approximate surface area is 670 Å². The lowest BCUT2D eigenvalue weighted by atomic mass is 9.99. The van der Waals surface area contributed by atoms with Crippen LogP contribution in [-0.2, 0) is 65.4 Å². The van der Waals surface area contributed by atoms with E-state index >= 15 is 0 Å². The van der Waals surface area contributed by atoms with Gasteiger partial charge in [-0.15, -0.1) is 0 Å². The average Bonchev–Trinajstić information content (AvgIpc) is 0.903. The van der Waals surface area contributed by atoms with Gasteiger partial charge >= 0.3 is 39.5 Å². The molecule has 0 saturated heterocycles. The van der Waals surface area contributed by atoms with Crippen LogP contribution in [0.2, 0.25) is 0 Å². The molecule has 0 aliphatic carbocycles. The molecule has 0 spiro atoms. The first kappa shape index (κ1) is 107. The van der Waals surface area contributed by atoms with Crippen molar-refractivity contribution in [2.45, 2.75) is 509 Å². The maximum absolute atomic E-state index is 13.2. The van der Waals surface area contributed by atoms with Gasteiger partial charge in [0.15, 0.2) is 12.2 Å². The Balaban J connectivity index is 5.25. The van der Waals surface area contributed by atoms with Gasteiger partial charge in [-0.3, -0.25) is 37.3 Å². The quantitative estimate of drug-likeness (QED) is 0.0222. The van der Waals surface area contributed by atoms with Gasteiger partial charge < -0.3 is 33.8 Å². The fraction of sp³-hybridized carbons (Fsp3) is 0.956. The van der Waals surface area contributed by atoms with Gasteiger partial charge in [0.25, 0.3) is 0 Å². The molecule has 648 valence electrons. The Morgan fingerprint density at radius 1 is 0.257 bits per heavy atom. The Kier molecular flexibility index (Phi) is 81.1. The number of hydrogen-bond donors (Lipinski definition) is 3. The summed E-state index contributed by atoms with van der Waals surface area (Å²) < 4.78 is 69.1. The molecule has 3 unspecified atom stereocenters. The number of rotatable bonds is 90. The van der Waals surface area contributed by atoms with Crippen molar-refractivity contribution in [3.63, 3.8) is 0 Å². The number of esters is 4. The van der Waals surface area contributed by atoms with Crippen LogP contribution in [0.15, 0.2) is 0 Å². The monoisotopic (exact) mass is 1590 g/mol. The fourth-order valence-corrected chi connectivity index (χ4v) is 15.7. The van der Waals surface area contributed by atoms with Gasteiger partial charge in [0.2, 0.25) is 0 Å². The molecule has 3 N–H and O–H groups in total. The topological polar surface area (TPSA) is 237 Å². The van der Waals surface area contributed by atoms with E-state index in [1.54, 1.807) is 0 Å². The molecule has 0 heterocycles. The largest absolute Gasteiger partial charge is 0.472 e. The number of phosphoric ester groups is 2. The van der Waals surface area contributed by atoms with Gasteiger partial charge in [-0.1, -0.05) is 439 Å². The van der Waals surface area contributed by atoms with E-state index in [-0.39, 0.29) is 25.7 Å². The first-order valence-electron chi connectivity index (χ1n) is 46.7. The minimum absolute atomic E-state index is 0.109. The summed E-state index contributed by atoms with van der Waals surface area (Å²) in [5.41, 5.74) is 0. The lowest BCUT2D eigenvalue weighted by Gasteiger charge is -2.21. The van der Waals surface area contributed by atoms with Crippen LogP contribution >= 0.6 is 15.6 Å². The number of carbonyl (C=O) groups is 4. The molecule has 0 saturated carbocycles. The third-order valence-corrected chi connectivity index (χ3v) is 23.5. The highest BCUT2D eigenvalue weighted by Crippen LogP contribution is 2.45. The summed E-state index contributed by atoms with van der Waals surface area (Å²) in [6.07, 6.45) is 77.8. The maximum Gasteiger partial charge on any atom is 0.472 e. The van der Waals surface area contributed by atoms with E-state index in [2.05, 4.69) is 34.6 Å². The minimum atomic E-state index is -4.97. The van der Waals surface area contributed by atoms with Gasteiger partial charge in [0.05, 0.1) is 26.4 Å². The van der Waals surface area contributed by atoms with Crippen molar-refractivity contribution in [3.05, 3.63) is 0 Å². The van der Waals surface area contributed by atoms with Crippen LogP contribution in [0.25, 0.3) is 0 Å². The number of ether oxygens (including phenoxy) is 4. The summed E-state index contributed by atoms with van der Waals surface area (Å²) in [4.78, 5) is 73.4. The van der Waals surface area contributed by atoms with E-state index in [0.29, 0.717) is 25.7 Å². The van der Waals surface area contributed by atoms with Gasteiger partial charge in [-0.2, -0.15) is 0 Å². The standard InChI is InChI=1S/C90H176O17P2/c1-6-10-13-16-19-22-25-28-31-34-37-40-43-46-49-52-58-63-68-73-87(92)100-79-85(106-89(94)75-70-65-60-53-50-47-44-41-38-35-32-29-26-23-20-17-14-11-7-2)81-104-108(96,97)102-77-84(91)78-103-109(98,99)105-82-86(80-101-88(93)74-69-64-59-56-55-57-62-67-72-83(5)9-4)107-90(95)76-71-66-61-54-51-48-45-42-39-36-33-30-27-24-21-18-15-12-8-3/h83-86,91H,6-82H2,1-5H3,(H,96,97)(H,98,99)/t83?,84-,85-,86-/m1/s1. The third-order valence-electron chi connectivity index (χ3n) is 21.6. The molecular formula is C90H176O17P2. The molecule has 109 heavy (non-hydrogen) atoms. The molecule has 0 bridgehead atoms. The first-order chi connectivity index (χ1) is 53.1. The predicted octanol–water partition coefficient (Wildman–Crippen LogP) is 27.9. The Hall–Kier alpha value is -1.94. The average molecular weight is 1590 g/mol. The zero-order chi connectivity index (χ0) is 79.7. The van der Waals surface area contributed by atoms with Crippen LogP contribution in [-0.4, -0.2) is 96.7 Å². The van der Waals surface area contributed by atoms with E-state index in [0.717, 1.165) is 95.8 Å². The van der Waals surface area contributed by atoms with Crippen LogP contribution < -0.4 is 0 Å². The predicted molar refractivity (Wildman–Crippen MR) is 451 cm³/mol. The van der Waals surface area contributed by atoms with Crippen molar-refractivity contribution in [1.82, 2.24) is 0 Å². The van der Waals surface area contributed by atoms with Crippen molar-refractivity contribution in [3.8, 4) is 0 Å². The molecule has 6 atom stereocenters. The molecule has 0 amide bonds. The van der Waals surface area contributed by atoms with E-state index in [9.17, 15) is 43.2 Å². The molecule has 0 aromatic carbocycles. The molecule has 19 heteroatoms. The summed E-state index contributed by atoms with van der Waals surface area (Å²) in [7, 11) is -9.93. The second kappa shape index (κ2) is 82.6. The van der Waals surface area contributed by atoms with Crippen LogP contribution in [0.3, 0.4) is 0 Å². The van der Waals surface area contributed by atoms with Crippen molar-refractivity contribution in [2.24, 2.45) is 5.92 Å². The number of aliphatic hydroxyl groups excluding tert-OH is 1. The maximum atomic E-state index is 13.2. The molecular weight excluding hydrogens is 1410 g/mol. The van der Waals surface area contributed by atoms with Crippen molar-refractivity contribution in [1.29, 1.82) is 0 Å². The number of unbranched alkanes of at least 4 members (excludes halogenated alkanes) is 61. The van der Waals surface area contributed by atoms with Gasteiger partial charge in [-0.05, 0) is 31.6 Å². The molecule has 0 aliphatic heterocycles. The van der Waals surface area contributed by atoms with E-state index < -0.39 is 97.5 Å². The van der Waals surface area contributed by atoms with E-state index in [1.165, 1.54) is 315 Å². The number of hydrogen-bond acceptors (Lipinski definition) is 15. The summed E-state index contributed by atoms with van der Waals surface area (Å²) in [6.45, 7) is 7.40. The molecule has 0 radical (unpaired) electrons. The zero-order valence-electron chi connectivity index (χ0n) is 71.7. The summed E-state index contributed by atoms with van der Waals surface area (Å²) >= 11 is 0. The molecule has 17 nitrogen and oxygen atoms in total. The van der Waals surface area contributed by atoms with Crippen molar-refractivity contribution in [2.75, 3.05) is 39.6 Å². The molecule has 0 rings (SSSR count). The molecule has 0 fully saturated rings. The van der Waals surface area contributed by atoms with Crippen LogP contribution in [0.4, 0.5) is 0 Å². The van der Waals surface area contributed by atoms with Crippen LogP contribution in [0, 0.1) is 5.92 Å². The third kappa shape index (κ3) is 82.4. The van der Waals surface area contributed by atoms with Crippen molar-refractivity contribution >= 4 is 39.5 Å². The van der Waals surface area contributed by atoms with Gasteiger partial charge in [0.1, 0.15) is 19.3 Å². The fourth-order valence-electron chi connectivity index (χ4n) is 14.1. The summed E-state index contributed by atoms with van der Waals surface area (Å²) in [5.74, 6) is -1.32. The number of carbonyl (C=O) groups excluding carboxylic acids is 4. The SMILES string of the molecule is CCCCCCCCCCCCCCCCCCCCCC(=O)OC[C@H](COP(=O)(O)OC[C@@H](O)COP(=O)(O)OC[C@@H](COC(=O)CCCCCCCCCCC(C)CC)OC(=O)CCCCCCCCCCCCCCCCCCCCC)OC(=O)CCCCCCCCCCCCCCCCCCCCC. The van der Waals surface area contributed by atoms with Crippen molar-refractivity contribution < 1.29 is 80.2 Å². The lowest BCUT2D eigenvalue weighted by molar-refractivity contribution is -0.161. The first-order valence-corrected chi connectivity index (χ1v) is 49.7. The Morgan fingerprint density at radius 3 is 0.651 bits per heavy atom. The summed E-state index contributed by atoms with van der Waals surface area (Å²) in [6, 6.07) is 0. The molecule has 0 aliphatic rings. The van der Waals surface area contributed by atoms with E-state index in [4.69, 9.17) is 37.0 Å². The normalized spacial score (nSPS) is 13.9.